The Morgan fingerprint density at radius 3 is 2.55 bits per heavy atom. The van der Waals surface area contributed by atoms with Crippen molar-refractivity contribution in [2.75, 3.05) is 37.8 Å². The van der Waals surface area contributed by atoms with E-state index in [2.05, 4.69) is 69.5 Å². The molecule has 0 amide bonds. The lowest BCUT2D eigenvalue weighted by Crippen LogP contribution is -2.21. The zero-order valence-corrected chi connectivity index (χ0v) is 17.9. The molecule has 6 nitrogen and oxygen atoms in total. The summed E-state index contributed by atoms with van der Waals surface area (Å²) in [5.41, 5.74) is 5.44. The van der Waals surface area contributed by atoms with Crippen LogP contribution in [0, 0.1) is 6.92 Å². The second-order valence-electron chi connectivity index (χ2n) is 7.78. The molecular formula is C23H30N6. The van der Waals surface area contributed by atoms with Crippen LogP contribution >= 0.6 is 0 Å². The normalized spacial score (nSPS) is 11.1. The molecule has 3 aromatic rings. The highest BCUT2D eigenvalue weighted by Crippen LogP contribution is 2.26. The highest BCUT2D eigenvalue weighted by Gasteiger charge is 2.09. The summed E-state index contributed by atoms with van der Waals surface area (Å²) in [5, 5.41) is 6.76. The third-order valence-corrected chi connectivity index (χ3v) is 4.69. The first-order valence-corrected chi connectivity index (χ1v) is 9.98. The zero-order valence-electron chi connectivity index (χ0n) is 17.9. The lowest BCUT2D eigenvalue weighted by molar-refractivity contribution is 0.425. The molecule has 29 heavy (non-hydrogen) atoms. The van der Waals surface area contributed by atoms with Crippen molar-refractivity contribution < 1.29 is 0 Å². The standard InChI is InChI=1S/C23H30N6/c1-16(2)20-9-8-19(13-17(20)3)26-22-14-21(18-7-6-10-24-15-18)27-23(28-22)25-11-12-29(4)5/h6-10,13-16H,11-12H2,1-5H3,(H2,25,26,27,28). The van der Waals surface area contributed by atoms with Crippen LogP contribution in [0.5, 0.6) is 0 Å². The average molecular weight is 391 g/mol. The molecule has 0 fully saturated rings. The molecular weight excluding hydrogens is 360 g/mol. The number of pyridine rings is 1. The predicted octanol–water partition coefficient (Wildman–Crippen LogP) is 4.69. The van der Waals surface area contributed by atoms with Crippen molar-refractivity contribution in [1.82, 2.24) is 19.9 Å². The topological polar surface area (TPSA) is 66.0 Å². The molecule has 152 valence electrons. The number of aromatic nitrogens is 3. The fourth-order valence-electron chi connectivity index (χ4n) is 3.19. The van der Waals surface area contributed by atoms with E-state index in [0.717, 1.165) is 35.9 Å². The van der Waals surface area contributed by atoms with Crippen LogP contribution in [0.3, 0.4) is 0 Å². The lowest BCUT2D eigenvalue weighted by Gasteiger charge is -2.15. The van der Waals surface area contributed by atoms with Gasteiger partial charge in [-0.15, -0.1) is 0 Å². The number of likely N-dealkylation sites (N-methyl/N-ethyl adjacent to an activating group) is 1. The highest BCUT2D eigenvalue weighted by molar-refractivity contribution is 5.67. The van der Waals surface area contributed by atoms with Gasteiger partial charge in [-0.05, 0) is 62.3 Å². The Morgan fingerprint density at radius 1 is 1.07 bits per heavy atom. The predicted molar refractivity (Wildman–Crippen MR) is 121 cm³/mol. The average Bonchev–Trinajstić information content (AvgIpc) is 2.68. The van der Waals surface area contributed by atoms with E-state index in [1.54, 1.807) is 6.20 Å². The van der Waals surface area contributed by atoms with Crippen LogP contribution in [0.2, 0.25) is 0 Å². The van der Waals surface area contributed by atoms with Gasteiger partial charge >= 0.3 is 0 Å². The third-order valence-electron chi connectivity index (χ3n) is 4.69. The minimum Gasteiger partial charge on any atom is -0.353 e. The van der Waals surface area contributed by atoms with Gasteiger partial charge in [-0.3, -0.25) is 4.98 Å². The second-order valence-corrected chi connectivity index (χ2v) is 7.78. The van der Waals surface area contributed by atoms with Crippen LogP contribution in [0.15, 0.2) is 48.8 Å². The van der Waals surface area contributed by atoms with Gasteiger partial charge in [-0.25, -0.2) is 4.98 Å². The molecule has 0 aliphatic heterocycles. The van der Waals surface area contributed by atoms with Gasteiger partial charge in [0.1, 0.15) is 5.82 Å². The number of hydrogen-bond donors (Lipinski definition) is 2. The Balaban J connectivity index is 1.89. The molecule has 0 aliphatic rings. The number of nitrogens with zero attached hydrogens (tertiary/aromatic N) is 4. The maximum absolute atomic E-state index is 4.68. The van der Waals surface area contributed by atoms with Crippen LogP contribution in [0.4, 0.5) is 17.5 Å². The van der Waals surface area contributed by atoms with Crippen LogP contribution in [-0.2, 0) is 0 Å². The molecule has 6 heteroatoms. The summed E-state index contributed by atoms with van der Waals surface area (Å²) in [4.78, 5) is 15.7. The largest absolute Gasteiger partial charge is 0.353 e. The fraction of sp³-hybridized carbons (Fsp3) is 0.348. The van der Waals surface area contributed by atoms with Crippen molar-refractivity contribution >= 4 is 17.5 Å². The number of aryl methyl sites for hydroxylation is 1. The minimum atomic E-state index is 0.507. The molecule has 2 N–H and O–H groups in total. The van der Waals surface area contributed by atoms with E-state index in [4.69, 9.17) is 0 Å². The molecule has 1 aromatic carbocycles. The molecule has 0 spiro atoms. The van der Waals surface area contributed by atoms with E-state index < -0.39 is 0 Å². The van der Waals surface area contributed by atoms with Gasteiger partial charge in [0.2, 0.25) is 5.95 Å². The quantitative estimate of drug-likeness (QED) is 0.582. The van der Waals surface area contributed by atoms with Crippen molar-refractivity contribution in [2.24, 2.45) is 0 Å². The van der Waals surface area contributed by atoms with E-state index in [-0.39, 0.29) is 0 Å². The second kappa shape index (κ2) is 9.47. The van der Waals surface area contributed by atoms with Gasteiger partial charge in [-0.1, -0.05) is 19.9 Å². The summed E-state index contributed by atoms with van der Waals surface area (Å²) < 4.78 is 0. The van der Waals surface area contributed by atoms with Crippen molar-refractivity contribution in [3.05, 3.63) is 59.9 Å². The maximum Gasteiger partial charge on any atom is 0.225 e. The summed E-state index contributed by atoms with van der Waals surface area (Å²) in [7, 11) is 4.09. The van der Waals surface area contributed by atoms with Gasteiger partial charge < -0.3 is 15.5 Å². The molecule has 2 heterocycles. The monoisotopic (exact) mass is 390 g/mol. The summed E-state index contributed by atoms with van der Waals surface area (Å²) >= 11 is 0. The highest BCUT2D eigenvalue weighted by atomic mass is 15.2. The van der Waals surface area contributed by atoms with Crippen molar-refractivity contribution in [3.63, 3.8) is 0 Å². The fourth-order valence-corrected chi connectivity index (χ4v) is 3.19. The van der Waals surface area contributed by atoms with Crippen molar-refractivity contribution in [1.29, 1.82) is 0 Å². The van der Waals surface area contributed by atoms with E-state index in [9.17, 15) is 0 Å². The first kappa shape index (κ1) is 20.7. The summed E-state index contributed by atoms with van der Waals surface area (Å²) in [5.74, 6) is 1.86. The minimum absolute atomic E-state index is 0.507. The van der Waals surface area contributed by atoms with Crippen LogP contribution in [0.25, 0.3) is 11.3 Å². The molecule has 0 saturated heterocycles. The van der Waals surface area contributed by atoms with Gasteiger partial charge in [-0.2, -0.15) is 4.98 Å². The number of anilines is 3. The Bertz CT molecular complexity index is 937. The van der Waals surface area contributed by atoms with Gasteiger partial charge in [0, 0.05) is 42.8 Å². The maximum atomic E-state index is 4.68. The molecule has 0 unspecified atom stereocenters. The molecule has 0 atom stereocenters. The molecule has 2 aromatic heterocycles. The van der Waals surface area contributed by atoms with E-state index in [0.29, 0.717) is 11.9 Å². The zero-order chi connectivity index (χ0) is 20.8. The van der Waals surface area contributed by atoms with Crippen molar-refractivity contribution in [2.45, 2.75) is 26.7 Å². The Kier molecular flexibility index (Phi) is 6.77. The van der Waals surface area contributed by atoms with Crippen molar-refractivity contribution in [3.8, 4) is 11.3 Å². The molecule has 0 aliphatic carbocycles. The van der Waals surface area contributed by atoms with E-state index in [1.807, 2.05) is 38.5 Å². The molecule has 0 bridgehead atoms. The first-order valence-electron chi connectivity index (χ1n) is 9.98. The SMILES string of the molecule is Cc1cc(Nc2cc(-c3cccnc3)nc(NCCN(C)C)n2)ccc1C(C)C. The molecule has 3 rings (SSSR count). The van der Waals surface area contributed by atoms with Crippen LogP contribution < -0.4 is 10.6 Å². The number of hydrogen-bond acceptors (Lipinski definition) is 6. The van der Waals surface area contributed by atoms with Gasteiger partial charge in [0.25, 0.3) is 0 Å². The third kappa shape index (κ3) is 5.74. The van der Waals surface area contributed by atoms with Crippen LogP contribution in [0.1, 0.15) is 30.9 Å². The molecule has 0 radical (unpaired) electrons. The summed E-state index contributed by atoms with van der Waals surface area (Å²) in [6, 6.07) is 12.3. The van der Waals surface area contributed by atoms with Gasteiger partial charge in [0.15, 0.2) is 0 Å². The lowest BCUT2D eigenvalue weighted by atomic mass is 9.98. The van der Waals surface area contributed by atoms with E-state index >= 15 is 0 Å². The number of rotatable bonds is 8. The van der Waals surface area contributed by atoms with E-state index in [1.165, 1.54) is 11.1 Å². The number of benzene rings is 1. The Labute approximate surface area is 173 Å². The first-order chi connectivity index (χ1) is 13.9. The Hall–Kier alpha value is -2.99. The Morgan fingerprint density at radius 2 is 1.90 bits per heavy atom. The number of nitrogens with one attached hydrogen (secondary N) is 2. The molecule has 0 saturated carbocycles. The van der Waals surface area contributed by atoms with Gasteiger partial charge in [0.05, 0.1) is 5.69 Å². The smallest absolute Gasteiger partial charge is 0.225 e. The summed E-state index contributed by atoms with van der Waals surface area (Å²) in [6.07, 6.45) is 3.58. The summed E-state index contributed by atoms with van der Waals surface area (Å²) in [6.45, 7) is 8.25. The van der Waals surface area contributed by atoms with Crippen LogP contribution in [-0.4, -0.2) is 47.0 Å².